The molecule has 9 heteroatoms. The van der Waals surface area contributed by atoms with Gasteiger partial charge in [-0.25, -0.2) is 0 Å². The molecule has 5 nitrogen and oxygen atoms in total. The van der Waals surface area contributed by atoms with E-state index < -0.39 is 17.6 Å². The molecule has 190 valence electrons. The molecule has 1 fully saturated rings. The van der Waals surface area contributed by atoms with Crippen molar-refractivity contribution < 1.29 is 22.7 Å². The lowest BCUT2D eigenvalue weighted by Crippen LogP contribution is -2.32. The van der Waals surface area contributed by atoms with E-state index >= 15 is 0 Å². The number of amides is 1. The second-order valence-electron chi connectivity index (χ2n) is 8.82. The molecule has 0 atom stereocenters. The van der Waals surface area contributed by atoms with Crippen LogP contribution in [0.25, 0.3) is 11.0 Å². The number of primary amides is 1. The van der Waals surface area contributed by atoms with Crippen molar-refractivity contribution in [2.24, 2.45) is 5.73 Å². The van der Waals surface area contributed by atoms with Crippen molar-refractivity contribution in [1.29, 1.82) is 0 Å². The summed E-state index contributed by atoms with van der Waals surface area (Å²) >= 11 is 11.9. The van der Waals surface area contributed by atoms with Gasteiger partial charge in [-0.1, -0.05) is 29.3 Å². The number of halogens is 4. The van der Waals surface area contributed by atoms with Crippen molar-refractivity contribution in [3.05, 3.63) is 63.8 Å². The number of alkyl halides is 2. The molecule has 2 N–H and O–H groups in total. The van der Waals surface area contributed by atoms with Crippen LogP contribution in [0, 0.1) is 0 Å². The Labute approximate surface area is 214 Å². The Morgan fingerprint density at radius 1 is 1.14 bits per heavy atom. The summed E-state index contributed by atoms with van der Waals surface area (Å²) in [6.07, 6.45) is 5.21. The second kappa shape index (κ2) is 12.1. The van der Waals surface area contributed by atoms with Crippen molar-refractivity contribution in [1.82, 2.24) is 4.90 Å². The van der Waals surface area contributed by atoms with Gasteiger partial charge in [0.25, 0.3) is 5.91 Å². The molecule has 1 aromatic heterocycles. The summed E-state index contributed by atoms with van der Waals surface area (Å²) in [4.78, 5) is 13.1. The van der Waals surface area contributed by atoms with Gasteiger partial charge in [-0.05, 0) is 101 Å². The fourth-order valence-electron chi connectivity index (χ4n) is 3.85. The Kier molecular flexibility index (Phi) is 9.39. The summed E-state index contributed by atoms with van der Waals surface area (Å²) < 4.78 is 36.9. The van der Waals surface area contributed by atoms with E-state index in [4.69, 9.17) is 32.4 Å². The molecule has 1 aliphatic rings. The number of furan rings is 1. The van der Waals surface area contributed by atoms with Gasteiger partial charge in [0.2, 0.25) is 0 Å². The van der Waals surface area contributed by atoms with Gasteiger partial charge in [0.1, 0.15) is 11.3 Å². The SMILES string of the molecule is CC(C)Oc1ccc(CCCN2CCCC2)cc1Cl.NC(=O)C(F)(F)c1cc2cc(Cl)ccc2o1. The number of carbonyl (C=O) groups is 1. The van der Waals surface area contributed by atoms with Gasteiger partial charge in [0, 0.05) is 10.4 Å². The van der Waals surface area contributed by atoms with Crippen molar-refractivity contribution in [3.8, 4) is 5.75 Å². The second-order valence-corrected chi connectivity index (χ2v) is 9.66. The molecular weight excluding hydrogens is 497 g/mol. The summed E-state index contributed by atoms with van der Waals surface area (Å²) in [6, 6.07) is 11.6. The van der Waals surface area contributed by atoms with E-state index in [0.717, 1.165) is 23.3 Å². The highest BCUT2D eigenvalue weighted by atomic mass is 35.5. The Hall–Kier alpha value is -2.35. The number of nitrogens with zero attached hydrogens (tertiary/aromatic N) is 1. The van der Waals surface area contributed by atoms with Crippen LogP contribution in [0.3, 0.4) is 0 Å². The van der Waals surface area contributed by atoms with Gasteiger partial charge in [-0.15, -0.1) is 0 Å². The maximum Gasteiger partial charge on any atom is 0.380 e. The van der Waals surface area contributed by atoms with Gasteiger partial charge < -0.3 is 19.8 Å². The molecular formula is C26H30Cl2F2N2O3. The summed E-state index contributed by atoms with van der Waals surface area (Å²) in [5.74, 6) is -5.55. The van der Waals surface area contributed by atoms with Crippen LogP contribution in [-0.2, 0) is 17.1 Å². The average Bonchev–Trinajstić information content (AvgIpc) is 3.45. The van der Waals surface area contributed by atoms with E-state index in [-0.39, 0.29) is 11.7 Å². The number of aryl methyl sites for hydroxylation is 1. The number of carbonyl (C=O) groups excluding carboxylic acids is 1. The number of hydrogen-bond donors (Lipinski definition) is 1. The average molecular weight is 527 g/mol. The first-order chi connectivity index (χ1) is 16.6. The molecule has 0 spiro atoms. The molecule has 0 saturated carbocycles. The topological polar surface area (TPSA) is 68.7 Å². The zero-order valence-corrected chi connectivity index (χ0v) is 21.3. The molecule has 0 unspecified atom stereocenters. The van der Waals surface area contributed by atoms with E-state index in [0.29, 0.717) is 10.4 Å². The van der Waals surface area contributed by atoms with Gasteiger partial charge in [0.15, 0.2) is 5.76 Å². The third kappa shape index (κ3) is 7.56. The van der Waals surface area contributed by atoms with Gasteiger partial charge in [0.05, 0.1) is 11.1 Å². The van der Waals surface area contributed by atoms with Gasteiger partial charge in [-0.3, -0.25) is 4.79 Å². The van der Waals surface area contributed by atoms with E-state index in [9.17, 15) is 13.6 Å². The first-order valence-corrected chi connectivity index (χ1v) is 12.4. The van der Waals surface area contributed by atoms with Crippen LogP contribution in [-0.4, -0.2) is 36.5 Å². The monoisotopic (exact) mass is 526 g/mol. The van der Waals surface area contributed by atoms with Gasteiger partial charge >= 0.3 is 5.92 Å². The summed E-state index contributed by atoms with van der Waals surface area (Å²) in [7, 11) is 0. The normalized spacial score (nSPS) is 14.3. The lowest BCUT2D eigenvalue weighted by molar-refractivity contribution is -0.145. The molecule has 4 rings (SSSR count). The quantitative estimate of drug-likeness (QED) is 0.349. The van der Waals surface area contributed by atoms with Crippen LogP contribution < -0.4 is 10.5 Å². The highest BCUT2D eigenvalue weighted by Crippen LogP contribution is 2.33. The largest absolute Gasteiger partial charge is 0.489 e. The minimum absolute atomic E-state index is 0.165. The summed E-state index contributed by atoms with van der Waals surface area (Å²) in [6.45, 7) is 7.80. The van der Waals surface area contributed by atoms with Crippen LogP contribution in [0.1, 0.15) is 44.4 Å². The summed E-state index contributed by atoms with van der Waals surface area (Å²) in [5, 5.41) is 1.51. The molecule has 35 heavy (non-hydrogen) atoms. The van der Waals surface area contributed by atoms with Crippen LogP contribution in [0.2, 0.25) is 10.0 Å². The standard InChI is InChI=1S/C16H24ClNO.C10H6ClF2NO2/c1-13(2)19-16-8-7-14(12-15(16)17)6-5-11-18-9-3-4-10-18;11-6-1-2-7-5(3-6)4-8(16-7)10(12,13)9(14)15/h7-8,12-13H,3-6,9-11H2,1-2H3;1-4H,(H2,14,15). The molecule has 1 aliphatic heterocycles. The Morgan fingerprint density at radius 2 is 1.86 bits per heavy atom. The van der Waals surface area contributed by atoms with Crippen LogP contribution >= 0.6 is 23.2 Å². The number of ether oxygens (including phenoxy) is 1. The van der Waals surface area contributed by atoms with Crippen molar-refractivity contribution in [2.75, 3.05) is 19.6 Å². The minimum atomic E-state index is -3.81. The van der Waals surface area contributed by atoms with Crippen LogP contribution in [0.15, 0.2) is 46.9 Å². The van der Waals surface area contributed by atoms with E-state index in [2.05, 4.69) is 16.7 Å². The van der Waals surface area contributed by atoms with Gasteiger partial charge in [-0.2, -0.15) is 8.78 Å². The molecule has 2 aromatic carbocycles. The molecule has 1 saturated heterocycles. The van der Waals surface area contributed by atoms with Crippen LogP contribution in [0.5, 0.6) is 5.75 Å². The maximum atomic E-state index is 13.2. The fraction of sp³-hybridized carbons (Fsp3) is 0.423. The number of nitrogens with two attached hydrogens (primary N) is 1. The predicted octanol–water partition coefficient (Wildman–Crippen LogP) is 6.82. The Morgan fingerprint density at radius 3 is 2.49 bits per heavy atom. The zero-order chi connectivity index (χ0) is 25.6. The highest BCUT2D eigenvalue weighted by Gasteiger charge is 2.42. The molecule has 1 amide bonds. The molecule has 2 heterocycles. The number of fused-ring (bicyclic) bond motifs is 1. The lowest BCUT2D eigenvalue weighted by atomic mass is 10.1. The van der Waals surface area contributed by atoms with Crippen molar-refractivity contribution in [2.45, 2.75) is 51.6 Å². The van der Waals surface area contributed by atoms with E-state index in [1.165, 1.54) is 62.7 Å². The Bertz CT molecular complexity index is 1140. The number of rotatable bonds is 8. The van der Waals surface area contributed by atoms with Crippen molar-refractivity contribution >= 4 is 40.1 Å². The molecule has 0 aliphatic carbocycles. The lowest BCUT2D eigenvalue weighted by Gasteiger charge is -2.15. The molecule has 0 radical (unpaired) electrons. The number of benzene rings is 2. The van der Waals surface area contributed by atoms with Crippen LogP contribution in [0.4, 0.5) is 8.78 Å². The smallest absolute Gasteiger partial charge is 0.380 e. The number of likely N-dealkylation sites (tertiary alicyclic amines) is 1. The molecule has 0 bridgehead atoms. The third-order valence-electron chi connectivity index (χ3n) is 5.59. The first kappa shape index (κ1) is 27.2. The molecule has 3 aromatic rings. The van der Waals surface area contributed by atoms with E-state index in [1.807, 2.05) is 26.0 Å². The fourth-order valence-corrected chi connectivity index (χ4v) is 4.28. The van der Waals surface area contributed by atoms with Crippen molar-refractivity contribution in [3.63, 3.8) is 0 Å². The Balaban J connectivity index is 0.000000198. The highest BCUT2D eigenvalue weighted by molar-refractivity contribution is 6.32. The number of hydrogen-bond acceptors (Lipinski definition) is 4. The first-order valence-electron chi connectivity index (χ1n) is 11.6. The predicted molar refractivity (Wildman–Crippen MR) is 136 cm³/mol. The zero-order valence-electron chi connectivity index (χ0n) is 19.8. The maximum absolute atomic E-state index is 13.2. The minimum Gasteiger partial charge on any atom is -0.489 e. The summed E-state index contributed by atoms with van der Waals surface area (Å²) in [5.41, 5.74) is 6.11. The van der Waals surface area contributed by atoms with E-state index in [1.54, 1.807) is 0 Å². The third-order valence-corrected chi connectivity index (χ3v) is 6.13.